The zero-order valence-corrected chi connectivity index (χ0v) is 12.2. The number of aromatic amines is 1. The van der Waals surface area contributed by atoms with E-state index in [-0.39, 0.29) is 5.02 Å². The van der Waals surface area contributed by atoms with Crippen LogP contribution in [0.1, 0.15) is 5.56 Å². The Hall–Kier alpha value is -2.04. The normalized spacial score (nSPS) is 11.0. The molecule has 0 atom stereocenters. The second-order valence-corrected chi connectivity index (χ2v) is 5.14. The van der Waals surface area contributed by atoms with Crippen molar-refractivity contribution in [2.75, 3.05) is 7.05 Å². The lowest BCUT2D eigenvalue weighted by atomic mass is 10.2. The number of fused-ring (bicyclic) bond motifs is 1. The van der Waals surface area contributed by atoms with E-state index in [4.69, 9.17) is 16.3 Å². The Labute approximate surface area is 126 Å². The molecule has 21 heavy (non-hydrogen) atoms. The molecular formula is C16H14ClFN2O. The molecule has 0 bridgehead atoms. The van der Waals surface area contributed by atoms with Gasteiger partial charge in [0, 0.05) is 35.3 Å². The van der Waals surface area contributed by atoms with Crippen molar-refractivity contribution in [2.45, 2.75) is 6.54 Å². The molecule has 0 saturated heterocycles. The SMILES string of the molecule is CNCc1cc(F)c(Cl)cc1Oc1ccc2[nH]ccc2c1. The number of nitrogens with one attached hydrogen (secondary N) is 2. The zero-order valence-electron chi connectivity index (χ0n) is 11.4. The summed E-state index contributed by atoms with van der Waals surface area (Å²) in [6, 6.07) is 10.6. The highest BCUT2D eigenvalue weighted by Crippen LogP contribution is 2.31. The van der Waals surface area contributed by atoms with E-state index in [1.165, 1.54) is 12.1 Å². The van der Waals surface area contributed by atoms with Crippen molar-refractivity contribution < 1.29 is 9.13 Å². The van der Waals surface area contributed by atoms with Crippen LogP contribution < -0.4 is 10.1 Å². The van der Waals surface area contributed by atoms with Gasteiger partial charge in [-0.25, -0.2) is 4.39 Å². The van der Waals surface area contributed by atoms with Crippen LogP contribution in [0.2, 0.25) is 5.02 Å². The van der Waals surface area contributed by atoms with E-state index >= 15 is 0 Å². The van der Waals surface area contributed by atoms with Crippen LogP contribution >= 0.6 is 11.6 Å². The number of hydrogen-bond acceptors (Lipinski definition) is 2. The van der Waals surface area contributed by atoms with Crippen LogP contribution in [0.25, 0.3) is 10.9 Å². The van der Waals surface area contributed by atoms with Gasteiger partial charge in [0.1, 0.15) is 17.3 Å². The van der Waals surface area contributed by atoms with Crippen LogP contribution in [0.3, 0.4) is 0 Å². The summed E-state index contributed by atoms with van der Waals surface area (Å²) in [5.41, 5.74) is 1.75. The first-order valence-corrected chi connectivity index (χ1v) is 6.92. The molecule has 108 valence electrons. The molecule has 2 aromatic carbocycles. The average molecular weight is 305 g/mol. The van der Waals surface area contributed by atoms with E-state index in [9.17, 15) is 4.39 Å². The topological polar surface area (TPSA) is 37.0 Å². The van der Waals surface area contributed by atoms with Crippen molar-refractivity contribution in [3.63, 3.8) is 0 Å². The number of halogens is 2. The minimum absolute atomic E-state index is 0.0487. The molecule has 0 unspecified atom stereocenters. The summed E-state index contributed by atoms with van der Waals surface area (Å²) in [6.07, 6.45) is 1.87. The molecule has 3 rings (SSSR count). The third-order valence-electron chi connectivity index (χ3n) is 3.22. The Morgan fingerprint density at radius 1 is 1.24 bits per heavy atom. The highest BCUT2D eigenvalue weighted by atomic mass is 35.5. The lowest BCUT2D eigenvalue weighted by Gasteiger charge is -2.12. The van der Waals surface area contributed by atoms with Crippen LogP contribution in [0.4, 0.5) is 4.39 Å². The van der Waals surface area contributed by atoms with Crippen molar-refractivity contribution >= 4 is 22.5 Å². The number of H-pyrrole nitrogens is 1. The molecule has 5 heteroatoms. The van der Waals surface area contributed by atoms with Gasteiger partial charge in [-0.2, -0.15) is 0 Å². The Balaban J connectivity index is 1.97. The van der Waals surface area contributed by atoms with Gasteiger partial charge in [0.15, 0.2) is 0 Å². The standard InChI is InChI=1S/C16H14ClFN2O/c1-19-9-11-7-14(18)13(17)8-16(11)21-12-2-3-15-10(6-12)4-5-20-15/h2-8,19-20H,9H2,1H3. The van der Waals surface area contributed by atoms with E-state index < -0.39 is 5.82 Å². The molecule has 0 aliphatic carbocycles. The predicted molar refractivity (Wildman–Crippen MR) is 82.5 cm³/mol. The Bertz CT molecular complexity index is 785. The quantitative estimate of drug-likeness (QED) is 0.746. The van der Waals surface area contributed by atoms with Gasteiger partial charge in [0.05, 0.1) is 5.02 Å². The summed E-state index contributed by atoms with van der Waals surface area (Å²) in [5, 5.41) is 4.09. The van der Waals surface area contributed by atoms with Crippen LogP contribution in [0, 0.1) is 5.82 Å². The highest BCUT2D eigenvalue weighted by Gasteiger charge is 2.11. The van der Waals surface area contributed by atoms with Gasteiger partial charge in [0.25, 0.3) is 0 Å². The summed E-state index contributed by atoms with van der Waals surface area (Å²) in [7, 11) is 1.79. The lowest BCUT2D eigenvalue weighted by Crippen LogP contribution is -2.07. The minimum Gasteiger partial charge on any atom is -0.457 e. The molecule has 0 aliphatic rings. The molecule has 2 N–H and O–H groups in total. The number of ether oxygens (including phenoxy) is 1. The van der Waals surface area contributed by atoms with Gasteiger partial charge in [-0.1, -0.05) is 11.6 Å². The lowest BCUT2D eigenvalue weighted by molar-refractivity contribution is 0.472. The van der Waals surface area contributed by atoms with Crippen LogP contribution in [-0.2, 0) is 6.54 Å². The summed E-state index contributed by atoms with van der Waals surface area (Å²) in [5.74, 6) is 0.781. The summed E-state index contributed by atoms with van der Waals surface area (Å²) < 4.78 is 19.4. The maximum absolute atomic E-state index is 13.6. The molecule has 0 saturated carbocycles. The van der Waals surface area contributed by atoms with Crippen molar-refractivity contribution in [3.8, 4) is 11.5 Å². The first-order chi connectivity index (χ1) is 10.2. The second-order valence-electron chi connectivity index (χ2n) is 4.73. The molecular weight excluding hydrogens is 291 g/mol. The Kier molecular flexibility index (Phi) is 3.82. The minimum atomic E-state index is -0.449. The zero-order chi connectivity index (χ0) is 14.8. The van der Waals surface area contributed by atoms with Crippen LogP contribution in [-0.4, -0.2) is 12.0 Å². The largest absolute Gasteiger partial charge is 0.457 e. The molecule has 0 amide bonds. The molecule has 0 fully saturated rings. The molecule has 3 nitrogen and oxygen atoms in total. The fourth-order valence-electron chi connectivity index (χ4n) is 2.22. The molecule has 0 aliphatic heterocycles. The summed E-state index contributed by atoms with van der Waals surface area (Å²) >= 11 is 5.85. The molecule has 1 aromatic heterocycles. The van der Waals surface area contributed by atoms with Gasteiger partial charge < -0.3 is 15.0 Å². The maximum Gasteiger partial charge on any atom is 0.142 e. The fourth-order valence-corrected chi connectivity index (χ4v) is 2.37. The number of benzene rings is 2. The van der Waals surface area contributed by atoms with Gasteiger partial charge in [0.2, 0.25) is 0 Å². The third-order valence-corrected chi connectivity index (χ3v) is 3.51. The molecule has 0 spiro atoms. The van der Waals surface area contributed by atoms with Crippen LogP contribution in [0.5, 0.6) is 11.5 Å². The Morgan fingerprint density at radius 3 is 2.90 bits per heavy atom. The summed E-state index contributed by atoms with van der Waals surface area (Å²) in [6.45, 7) is 0.496. The van der Waals surface area contributed by atoms with Gasteiger partial charge >= 0.3 is 0 Å². The fraction of sp³-hybridized carbons (Fsp3) is 0.125. The summed E-state index contributed by atoms with van der Waals surface area (Å²) in [4.78, 5) is 3.12. The number of hydrogen-bond donors (Lipinski definition) is 2. The third kappa shape index (κ3) is 2.86. The van der Waals surface area contributed by atoms with Crippen molar-refractivity contribution in [3.05, 3.63) is 59.0 Å². The monoisotopic (exact) mass is 304 g/mol. The van der Waals surface area contributed by atoms with E-state index in [1.54, 1.807) is 7.05 Å². The van der Waals surface area contributed by atoms with Gasteiger partial charge in [-0.05, 0) is 37.4 Å². The Morgan fingerprint density at radius 2 is 2.10 bits per heavy atom. The van der Waals surface area contributed by atoms with Gasteiger partial charge in [-0.15, -0.1) is 0 Å². The molecule has 3 aromatic rings. The van der Waals surface area contributed by atoms with Crippen molar-refractivity contribution in [2.24, 2.45) is 0 Å². The van der Waals surface area contributed by atoms with E-state index in [0.29, 0.717) is 23.6 Å². The van der Waals surface area contributed by atoms with Crippen molar-refractivity contribution in [1.82, 2.24) is 10.3 Å². The number of aromatic nitrogens is 1. The number of rotatable bonds is 4. The van der Waals surface area contributed by atoms with E-state index in [1.807, 2.05) is 30.5 Å². The predicted octanol–water partition coefficient (Wildman–Crippen LogP) is 4.47. The molecule has 0 radical (unpaired) electrons. The first-order valence-electron chi connectivity index (χ1n) is 6.55. The van der Waals surface area contributed by atoms with E-state index in [0.717, 1.165) is 10.9 Å². The highest BCUT2D eigenvalue weighted by molar-refractivity contribution is 6.30. The van der Waals surface area contributed by atoms with Crippen molar-refractivity contribution in [1.29, 1.82) is 0 Å². The first kappa shape index (κ1) is 13.9. The van der Waals surface area contributed by atoms with Gasteiger partial charge in [-0.3, -0.25) is 0 Å². The van der Waals surface area contributed by atoms with Crippen LogP contribution in [0.15, 0.2) is 42.6 Å². The smallest absolute Gasteiger partial charge is 0.142 e. The average Bonchev–Trinajstić information content (AvgIpc) is 2.92. The second kappa shape index (κ2) is 5.76. The van der Waals surface area contributed by atoms with E-state index in [2.05, 4.69) is 10.3 Å². The maximum atomic E-state index is 13.6. The molecule has 1 heterocycles.